The molecule has 0 unspecified atom stereocenters. The molecule has 1 aromatic heterocycles. The molecule has 0 saturated heterocycles. The van der Waals surface area contributed by atoms with E-state index in [1.165, 1.54) is 0 Å². The average Bonchev–Trinajstić information content (AvgIpc) is 2.51. The monoisotopic (exact) mass is 197 g/mol. The van der Waals surface area contributed by atoms with Crippen LogP contribution in [0, 0.1) is 6.92 Å². The molecule has 1 aromatic rings. The summed E-state index contributed by atoms with van der Waals surface area (Å²) in [7, 11) is 0. The molecule has 2 atom stereocenters. The third-order valence-electron chi connectivity index (χ3n) is 2.20. The maximum absolute atomic E-state index is 9.08. The summed E-state index contributed by atoms with van der Waals surface area (Å²) in [6.45, 7) is 6.59. The van der Waals surface area contributed by atoms with Crippen LogP contribution in [-0.2, 0) is 0 Å². The molecular weight excluding hydrogens is 178 g/mol. The van der Waals surface area contributed by atoms with Crippen LogP contribution in [-0.4, -0.2) is 17.8 Å². The van der Waals surface area contributed by atoms with Crippen molar-refractivity contribution in [1.29, 1.82) is 0 Å². The fourth-order valence-electron chi connectivity index (χ4n) is 1.30. The predicted molar refractivity (Wildman–Crippen MR) is 56.2 cm³/mol. The van der Waals surface area contributed by atoms with Crippen molar-refractivity contribution in [3.05, 3.63) is 23.7 Å². The first-order valence-corrected chi connectivity index (χ1v) is 5.07. The minimum absolute atomic E-state index is 0.211. The molecule has 80 valence electrons. The second kappa shape index (κ2) is 5.17. The zero-order valence-corrected chi connectivity index (χ0v) is 9.08. The van der Waals surface area contributed by atoms with Gasteiger partial charge in [0, 0.05) is 0 Å². The average molecular weight is 197 g/mol. The van der Waals surface area contributed by atoms with E-state index in [1.807, 2.05) is 19.1 Å². The van der Waals surface area contributed by atoms with E-state index in [-0.39, 0.29) is 12.1 Å². The summed E-state index contributed by atoms with van der Waals surface area (Å²) in [5.41, 5.74) is 0. The summed E-state index contributed by atoms with van der Waals surface area (Å²) in [6.07, 6.45) is 0.525. The Bertz CT molecular complexity index is 268. The number of nitrogens with one attached hydrogen (secondary N) is 1. The summed E-state index contributed by atoms with van der Waals surface area (Å²) in [4.78, 5) is 0. The zero-order valence-electron chi connectivity index (χ0n) is 9.08. The van der Waals surface area contributed by atoms with Crippen molar-refractivity contribution in [2.24, 2.45) is 0 Å². The molecule has 0 spiro atoms. The lowest BCUT2D eigenvalue weighted by molar-refractivity contribution is 0.182. The first kappa shape index (κ1) is 11.3. The Morgan fingerprint density at radius 3 is 2.64 bits per heavy atom. The van der Waals surface area contributed by atoms with Gasteiger partial charge in [-0.25, -0.2) is 0 Å². The van der Waals surface area contributed by atoms with Gasteiger partial charge in [-0.3, -0.25) is 0 Å². The van der Waals surface area contributed by atoms with Gasteiger partial charge < -0.3 is 14.8 Å². The molecule has 1 rings (SSSR count). The molecule has 14 heavy (non-hydrogen) atoms. The molecule has 3 nitrogen and oxygen atoms in total. The normalized spacial score (nSPS) is 15.4. The number of aliphatic hydroxyl groups excluding tert-OH is 1. The largest absolute Gasteiger partial charge is 0.465 e. The van der Waals surface area contributed by atoms with E-state index >= 15 is 0 Å². The van der Waals surface area contributed by atoms with E-state index in [9.17, 15) is 0 Å². The standard InChI is InChI=1S/C11H19NO2/c1-8(13)6-7-12-10(3)11-5-4-9(2)14-11/h4-5,8,10,12-13H,6-7H2,1-3H3/t8-,10-/m0/s1. The van der Waals surface area contributed by atoms with Gasteiger partial charge in [-0.05, 0) is 45.9 Å². The Morgan fingerprint density at radius 2 is 2.14 bits per heavy atom. The Balaban J connectivity index is 2.32. The number of aryl methyl sites for hydroxylation is 1. The number of hydrogen-bond acceptors (Lipinski definition) is 3. The molecule has 0 amide bonds. The minimum atomic E-state index is -0.243. The summed E-state index contributed by atoms with van der Waals surface area (Å²) in [5, 5.41) is 12.4. The lowest BCUT2D eigenvalue weighted by Gasteiger charge is -2.11. The second-order valence-corrected chi connectivity index (χ2v) is 3.76. The molecule has 0 aliphatic rings. The van der Waals surface area contributed by atoms with Crippen molar-refractivity contribution in [3.8, 4) is 0 Å². The lowest BCUT2D eigenvalue weighted by Crippen LogP contribution is -2.22. The van der Waals surface area contributed by atoms with Crippen LogP contribution in [0.2, 0.25) is 0 Å². The third kappa shape index (κ3) is 3.52. The van der Waals surface area contributed by atoms with Crippen molar-refractivity contribution in [2.75, 3.05) is 6.54 Å². The van der Waals surface area contributed by atoms with E-state index in [4.69, 9.17) is 9.52 Å². The van der Waals surface area contributed by atoms with Gasteiger partial charge in [0.05, 0.1) is 12.1 Å². The van der Waals surface area contributed by atoms with E-state index in [2.05, 4.69) is 12.2 Å². The Kier molecular flexibility index (Phi) is 4.17. The van der Waals surface area contributed by atoms with Crippen molar-refractivity contribution >= 4 is 0 Å². The molecule has 0 fully saturated rings. The maximum atomic E-state index is 9.08. The first-order valence-electron chi connectivity index (χ1n) is 5.07. The van der Waals surface area contributed by atoms with Crippen LogP contribution in [0.3, 0.4) is 0 Å². The number of furan rings is 1. The molecule has 0 aliphatic carbocycles. The van der Waals surface area contributed by atoms with Crippen molar-refractivity contribution in [3.63, 3.8) is 0 Å². The van der Waals surface area contributed by atoms with Gasteiger partial charge in [-0.2, -0.15) is 0 Å². The fraction of sp³-hybridized carbons (Fsp3) is 0.636. The molecule has 0 aliphatic heterocycles. The van der Waals surface area contributed by atoms with Gasteiger partial charge in [0.15, 0.2) is 0 Å². The highest BCUT2D eigenvalue weighted by molar-refractivity contribution is 5.08. The van der Waals surface area contributed by atoms with Crippen LogP contribution in [0.15, 0.2) is 16.5 Å². The van der Waals surface area contributed by atoms with Crippen LogP contribution in [0.1, 0.15) is 37.8 Å². The zero-order chi connectivity index (χ0) is 10.6. The highest BCUT2D eigenvalue weighted by atomic mass is 16.3. The van der Waals surface area contributed by atoms with Crippen LogP contribution in [0.25, 0.3) is 0 Å². The molecule has 2 N–H and O–H groups in total. The highest BCUT2D eigenvalue weighted by Gasteiger charge is 2.08. The van der Waals surface area contributed by atoms with Gasteiger partial charge in [0.1, 0.15) is 11.5 Å². The molecular formula is C11H19NO2. The summed E-state index contributed by atoms with van der Waals surface area (Å²) in [6, 6.07) is 4.15. The fourth-order valence-corrected chi connectivity index (χ4v) is 1.30. The maximum Gasteiger partial charge on any atom is 0.120 e. The molecule has 3 heteroatoms. The van der Waals surface area contributed by atoms with Crippen LogP contribution >= 0.6 is 0 Å². The molecule has 1 heterocycles. The molecule has 0 bridgehead atoms. The quantitative estimate of drug-likeness (QED) is 0.759. The Labute approximate surface area is 85.1 Å². The van der Waals surface area contributed by atoms with Crippen LogP contribution in [0.4, 0.5) is 0 Å². The second-order valence-electron chi connectivity index (χ2n) is 3.76. The summed E-state index contributed by atoms with van der Waals surface area (Å²) in [5.74, 6) is 1.89. The van der Waals surface area contributed by atoms with Gasteiger partial charge >= 0.3 is 0 Å². The van der Waals surface area contributed by atoms with Crippen molar-refractivity contribution in [1.82, 2.24) is 5.32 Å². The molecule has 0 aromatic carbocycles. The van der Waals surface area contributed by atoms with Crippen molar-refractivity contribution in [2.45, 2.75) is 39.3 Å². The number of hydrogen-bond donors (Lipinski definition) is 2. The lowest BCUT2D eigenvalue weighted by atomic mass is 10.2. The van der Waals surface area contributed by atoms with E-state index in [0.717, 1.165) is 24.5 Å². The smallest absolute Gasteiger partial charge is 0.120 e. The molecule has 0 saturated carbocycles. The number of rotatable bonds is 5. The first-order chi connectivity index (χ1) is 6.59. The predicted octanol–water partition coefficient (Wildman–Crippen LogP) is 2.01. The highest BCUT2D eigenvalue weighted by Crippen LogP contribution is 2.15. The molecule has 0 radical (unpaired) electrons. The Hall–Kier alpha value is -0.800. The topological polar surface area (TPSA) is 45.4 Å². The van der Waals surface area contributed by atoms with Gasteiger partial charge in [0.25, 0.3) is 0 Å². The van der Waals surface area contributed by atoms with E-state index in [1.54, 1.807) is 6.92 Å². The summed E-state index contributed by atoms with van der Waals surface area (Å²) >= 11 is 0. The minimum Gasteiger partial charge on any atom is -0.465 e. The Morgan fingerprint density at radius 1 is 1.43 bits per heavy atom. The SMILES string of the molecule is Cc1ccc([C@H](C)NCC[C@H](C)O)o1. The number of aliphatic hydroxyl groups is 1. The van der Waals surface area contributed by atoms with Gasteiger partial charge in [-0.15, -0.1) is 0 Å². The van der Waals surface area contributed by atoms with E-state index < -0.39 is 0 Å². The van der Waals surface area contributed by atoms with Crippen LogP contribution < -0.4 is 5.32 Å². The third-order valence-corrected chi connectivity index (χ3v) is 2.20. The van der Waals surface area contributed by atoms with Gasteiger partial charge in [-0.1, -0.05) is 0 Å². The van der Waals surface area contributed by atoms with Crippen molar-refractivity contribution < 1.29 is 9.52 Å². The van der Waals surface area contributed by atoms with E-state index in [0.29, 0.717) is 0 Å². The summed E-state index contributed by atoms with van der Waals surface area (Å²) < 4.78 is 5.48. The van der Waals surface area contributed by atoms with Gasteiger partial charge in [0.2, 0.25) is 0 Å². The van der Waals surface area contributed by atoms with Crippen LogP contribution in [0.5, 0.6) is 0 Å².